The highest BCUT2D eigenvalue weighted by Gasteiger charge is 2.10. The molecule has 0 radical (unpaired) electrons. The second kappa shape index (κ2) is 7.68. The number of para-hydroxylation sites is 1. The number of nitrogens with zero attached hydrogens (tertiary/aromatic N) is 1. The lowest BCUT2D eigenvalue weighted by Crippen LogP contribution is -2.35. The quantitative estimate of drug-likeness (QED) is 0.775. The molecule has 94 valence electrons. The fraction of sp³-hybridized carbons (Fsp3) is 0.462. The number of carbonyl (C=O) groups is 1. The smallest absolute Gasteiger partial charge is 0.226 e. The maximum atomic E-state index is 11.7. The Morgan fingerprint density at radius 2 is 2.06 bits per heavy atom. The van der Waals surface area contributed by atoms with Gasteiger partial charge in [0, 0.05) is 19.6 Å². The summed E-state index contributed by atoms with van der Waals surface area (Å²) >= 11 is 0. The molecule has 1 aromatic carbocycles. The standard InChI is InChI=1S/C13H20N2O2/c1-2-15(10-9-14)13(16)8-11-17-12-6-4-3-5-7-12/h3-7H,2,8-11,14H2,1H3. The van der Waals surface area contributed by atoms with E-state index in [0.29, 0.717) is 32.7 Å². The van der Waals surface area contributed by atoms with Crippen LogP contribution in [0.25, 0.3) is 0 Å². The number of carbonyl (C=O) groups excluding carboxylic acids is 1. The van der Waals surface area contributed by atoms with Gasteiger partial charge in [-0.1, -0.05) is 18.2 Å². The number of amides is 1. The van der Waals surface area contributed by atoms with Gasteiger partial charge < -0.3 is 15.4 Å². The fourth-order valence-corrected chi connectivity index (χ4v) is 1.55. The Morgan fingerprint density at radius 1 is 1.35 bits per heavy atom. The van der Waals surface area contributed by atoms with E-state index in [1.165, 1.54) is 0 Å². The molecule has 1 aromatic rings. The van der Waals surface area contributed by atoms with Gasteiger partial charge in [0.15, 0.2) is 0 Å². The molecule has 0 atom stereocenters. The van der Waals surface area contributed by atoms with Crippen molar-refractivity contribution in [3.63, 3.8) is 0 Å². The average molecular weight is 236 g/mol. The number of rotatable bonds is 7. The van der Waals surface area contributed by atoms with Crippen LogP contribution in [-0.2, 0) is 4.79 Å². The fourth-order valence-electron chi connectivity index (χ4n) is 1.55. The van der Waals surface area contributed by atoms with E-state index in [0.717, 1.165) is 5.75 Å². The molecule has 0 unspecified atom stereocenters. The van der Waals surface area contributed by atoms with Crippen LogP contribution in [0.4, 0.5) is 0 Å². The van der Waals surface area contributed by atoms with Gasteiger partial charge in [-0.05, 0) is 19.1 Å². The first-order valence-corrected chi connectivity index (χ1v) is 5.93. The topological polar surface area (TPSA) is 55.6 Å². The third-order valence-corrected chi connectivity index (χ3v) is 2.46. The molecule has 2 N–H and O–H groups in total. The van der Waals surface area contributed by atoms with Gasteiger partial charge in [-0.2, -0.15) is 0 Å². The minimum absolute atomic E-state index is 0.0916. The van der Waals surface area contributed by atoms with Crippen LogP contribution in [0, 0.1) is 0 Å². The number of nitrogens with two attached hydrogens (primary N) is 1. The number of benzene rings is 1. The van der Waals surface area contributed by atoms with Crippen LogP contribution in [0.3, 0.4) is 0 Å². The molecule has 1 amide bonds. The van der Waals surface area contributed by atoms with Gasteiger partial charge in [0.25, 0.3) is 0 Å². The van der Waals surface area contributed by atoms with Crippen molar-refractivity contribution in [2.75, 3.05) is 26.2 Å². The lowest BCUT2D eigenvalue weighted by atomic mass is 10.3. The maximum absolute atomic E-state index is 11.7. The van der Waals surface area contributed by atoms with Crippen molar-refractivity contribution in [3.8, 4) is 5.75 Å². The first-order valence-electron chi connectivity index (χ1n) is 5.93. The van der Waals surface area contributed by atoms with Crippen molar-refractivity contribution >= 4 is 5.91 Å². The second-order valence-electron chi connectivity index (χ2n) is 3.67. The van der Waals surface area contributed by atoms with Gasteiger partial charge in [-0.25, -0.2) is 0 Å². The number of hydrogen-bond donors (Lipinski definition) is 1. The third kappa shape index (κ3) is 4.87. The molecule has 0 aliphatic carbocycles. The minimum Gasteiger partial charge on any atom is -0.493 e. The Kier molecular flexibility index (Phi) is 6.10. The highest BCUT2D eigenvalue weighted by atomic mass is 16.5. The maximum Gasteiger partial charge on any atom is 0.226 e. The molecular formula is C13H20N2O2. The van der Waals surface area contributed by atoms with Crippen LogP contribution < -0.4 is 10.5 Å². The first-order chi connectivity index (χ1) is 8.27. The zero-order valence-corrected chi connectivity index (χ0v) is 10.3. The molecule has 0 aliphatic rings. The molecule has 0 aliphatic heterocycles. The zero-order chi connectivity index (χ0) is 12.5. The Hall–Kier alpha value is -1.55. The predicted molar refractivity (Wildman–Crippen MR) is 67.9 cm³/mol. The van der Waals surface area contributed by atoms with Gasteiger partial charge in [0.2, 0.25) is 5.91 Å². The largest absolute Gasteiger partial charge is 0.493 e. The lowest BCUT2D eigenvalue weighted by molar-refractivity contribution is -0.131. The summed E-state index contributed by atoms with van der Waals surface area (Å²) in [5.41, 5.74) is 5.44. The third-order valence-electron chi connectivity index (χ3n) is 2.46. The molecule has 1 rings (SSSR count). The summed E-state index contributed by atoms with van der Waals surface area (Å²) in [4.78, 5) is 13.5. The van der Waals surface area contributed by atoms with E-state index in [2.05, 4.69) is 0 Å². The van der Waals surface area contributed by atoms with Gasteiger partial charge >= 0.3 is 0 Å². The van der Waals surface area contributed by atoms with E-state index in [4.69, 9.17) is 10.5 Å². The van der Waals surface area contributed by atoms with E-state index in [9.17, 15) is 4.79 Å². The predicted octanol–water partition coefficient (Wildman–Crippen LogP) is 1.26. The molecule has 4 nitrogen and oxygen atoms in total. The monoisotopic (exact) mass is 236 g/mol. The summed E-state index contributed by atoms with van der Waals surface area (Å²) in [7, 11) is 0. The van der Waals surface area contributed by atoms with E-state index in [1.807, 2.05) is 37.3 Å². The van der Waals surface area contributed by atoms with E-state index >= 15 is 0 Å². The molecular weight excluding hydrogens is 216 g/mol. The van der Waals surface area contributed by atoms with Gasteiger partial charge in [0.05, 0.1) is 13.0 Å². The summed E-state index contributed by atoms with van der Waals surface area (Å²) in [6, 6.07) is 9.50. The van der Waals surface area contributed by atoms with Crippen LogP contribution in [-0.4, -0.2) is 37.0 Å². The van der Waals surface area contributed by atoms with Crippen LogP contribution >= 0.6 is 0 Å². The number of hydrogen-bond acceptors (Lipinski definition) is 3. The first kappa shape index (κ1) is 13.5. The Morgan fingerprint density at radius 3 is 2.65 bits per heavy atom. The summed E-state index contributed by atoms with van der Waals surface area (Å²) in [5, 5.41) is 0. The van der Waals surface area contributed by atoms with Crippen molar-refractivity contribution < 1.29 is 9.53 Å². The SMILES string of the molecule is CCN(CCN)C(=O)CCOc1ccccc1. The highest BCUT2D eigenvalue weighted by Crippen LogP contribution is 2.08. The van der Waals surface area contributed by atoms with Crippen LogP contribution in [0.15, 0.2) is 30.3 Å². The van der Waals surface area contributed by atoms with Gasteiger partial charge in [-0.15, -0.1) is 0 Å². The Bertz CT molecular complexity index is 327. The summed E-state index contributed by atoms with van der Waals surface area (Å²) in [6.45, 7) is 4.16. The molecule has 0 saturated carbocycles. The van der Waals surface area contributed by atoms with Crippen molar-refractivity contribution in [1.29, 1.82) is 0 Å². The summed E-state index contributed by atoms with van der Waals surface area (Å²) in [5.74, 6) is 0.885. The Labute approximate surface area is 102 Å². The second-order valence-corrected chi connectivity index (χ2v) is 3.67. The van der Waals surface area contributed by atoms with Crippen molar-refractivity contribution in [1.82, 2.24) is 4.90 Å². The molecule has 17 heavy (non-hydrogen) atoms. The van der Waals surface area contributed by atoms with Gasteiger partial charge in [-0.3, -0.25) is 4.79 Å². The van der Waals surface area contributed by atoms with Gasteiger partial charge in [0.1, 0.15) is 5.75 Å². The van der Waals surface area contributed by atoms with Crippen LogP contribution in [0.1, 0.15) is 13.3 Å². The average Bonchev–Trinajstić information content (AvgIpc) is 2.37. The van der Waals surface area contributed by atoms with Crippen LogP contribution in [0.2, 0.25) is 0 Å². The number of likely N-dealkylation sites (N-methyl/N-ethyl adjacent to an activating group) is 1. The molecule has 0 fully saturated rings. The normalized spacial score (nSPS) is 10.0. The highest BCUT2D eigenvalue weighted by molar-refractivity contribution is 5.76. The Balaban J connectivity index is 2.28. The van der Waals surface area contributed by atoms with Crippen molar-refractivity contribution in [2.24, 2.45) is 5.73 Å². The van der Waals surface area contributed by atoms with E-state index in [1.54, 1.807) is 4.90 Å². The molecule has 0 heterocycles. The summed E-state index contributed by atoms with van der Waals surface area (Å²) in [6.07, 6.45) is 0.392. The van der Waals surface area contributed by atoms with E-state index in [-0.39, 0.29) is 5.91 Å². The molecule has 0 bridgehead atoms. The zero-order valence-electron chi connectivity index (χ0n) is 10.3. The van der Waals surface area contributed by atoms with Crippen molar-refractivity contribution in [2.45, 2.75) is 13.3 Å². The van der Waals surface area contributed by atoms with Crippen LogP contribution in [0.5, 0.6) is 5.75 Å². The van der Waals surface area contributed by atoms with E-state index < -0.39 is 0 Å². The molecule has 0 saturated heterocycles. The molecule has 0 aromatic heterocycles. The molecule has 0 spiro atoms. The van der Waals surface area contributed by atoms with Crippen molar-refractivity contribution in [3.05, 3.63) is 30.3 Å². The summed E-state index contributed by atoms with van der Waals surface area (Å²) < 4.78 is 5.47. The minimum atomic E-state index is 0.0916. The number of ether oxygens (including phenoxy) is 1. The lowest BCUT2D eigenvalue weighted by Gasteiger charge is -2.19. The molecule has 4 heteroatoms.